The average molecular weight is 320 g/mol. The first kappa shape index (κ1) is 14.8. The van der Waals surface area contributed by atoms with Gasteiger partial charge in [0.1, 0.15) is 5.82 Å². The molecule has 0 spiro atoms. The fourth-order valence-electron chi connectivity index (χ4n) is 2.60. The van der Waals surface area contributed by atoms with Crippen molar-refractivity contribution in [1.82, 2.24) is 0 Å². The number of para-hydroxylation sites is 3. The van der Waals surface area contributed by atoms with Crippen LogP contribution < -0.4 is 8.61 Å². The van der Waals surface area contributed by atoms with Crippen LogP contribution in [0.5, 0.6) is 0 Å². The summed E-state index contributed by atoms with van der Waals surface area (Å²) in [6, 6.07) is 12.9. The quantitative estimate of drug-likeness (QED) is 0.859. The van der Waals surface area contributed by atoms with Crippen molar-refractivity contribution in [1.29, 1.82) is 0 Å². The zero-order valence-electron chi connectivity index (χ0n) is 12.2. The predicted octanol–water partition coefficient (Wildman–Crippen LogP) is 3.83. The van der Waals surface area contributed by atoms with Gasteiger partial charge in [0, 0.05) is 6.54 Å². The van der Waals surface area contributed by atoms with Crippen molar-refractivity contribution in [3.05, 3.63) is 54.3 Å². The molecule has 22 heavy (non-hydrogen) atoms. The first-order valence-corrected chi connectivity index (χ1v) is 8.63. The van der Waals surface area contributed by atoms with E-state index in [9.17, 15) is 12.8 Å². The van der Waals surface area contributed by atoms with Gasteiger partial charge in [-0.15, -0.1) is 0 Å². The number of rotatable bonds is 4. The third-order valence-corrected chi connectivity index (χ3v) is 5.46. The van der Waals surface area contributed by atoms with Gasteiger partial charge in [0.2, 0.25) is 0 Å². The molecule has 1 heterocycles. The molecule has 6 heteroatoms. The van der Waals surface area contributed by atoms with E-state index in [-0.39, 0.29) is 5.69 Å². The Bertz CT molecular complexity index is 792. The van der Waals surface area contributed by atoms with Gasteiger partial charge in [-0.2, -0.15) is 8.42 Å². The molecule has 1 aliphatic rings. The largest absolute Gasteiger partial charge is 0.331 e. The van der Waals surface area contributed by atoms with E-state index in [1.807, 2.05) is 6.92 Å². The number of benzene rings is 2. The second kappa shape index (κ2) is 5.61. The molecule has 0 fully saturated rings. The summed E-state index contributed by atoms with van der Waals surface area (Å²) in [4.78, 5) is 0. The molecule has 0 unspecified atom stereocenters. The van der Waals surface area contributed by atoms with Crippen molar-refractivity contribution in [3.63, 3.8) is 0 Å². The molecule has 0 aromatic heterocycles. The van der Waals surface area contributed by atoms with Gasteiger partial charge in [-0.25, -0.2) is 8.70 Å². The molecule has 2 aromatic carbocycles. The van der Waals surface area contributed by atoms with Crippen molar-refractivity contribution >= 4 is 27.3 Å². The van der Waals surface area contributed by atoms with Gasteiger partial charge in [0.25, 0.3) is 0 Å². The molecule has 116 valence electrons. The summed E-state index contributed by atoms with van der Waals surface area (Å²) in [6.07, 6.45) is 1.63. The molecule has 0 atom stereocenters. The minimum atomic E-state index is -3.81. The van der Waals surface area contributed by atoms with Crippen molar-refractivity contribution in [2.45, 2.75) is 19.8 Å². The van der Waals surface area contributed by atoms with Crippen molar-refractivity contribution in [2.24, 2.45) is 0 Å². The maximum Gasteiger partial charge on any atom is 0.331 e. The molecule has 3 rings (SSSR count). The Morgan fingerprint density at radius 2 is 1.55 bits per heavy atom. The summed E-state index contributed by atoms with van der Waals surface area (Å²) in [6.45, 7) is 2.39. The predicted molar refractivity (Wildman–Crippen MR) is 86.2 cm³/mol. The van der Waals surface area contributed by atoms with Gasteiger partial charge in [-0.05, 0) is 30.7 Å². The zero-order chi connectivity index (χ0) is 15.7. The first-order chi connectivity index (χ1) is 10.6. The summed E-state index contributed by atoms with van der Waals surface area (Å²) >= 11 is 0. The minimum absolute atomic E-state index is 0.0500. The highest BCUT2D eigenvalue weighted by Crippen LogP contribution is 2.45. The molecule has 0 bridgehead atoms. The monoisotopic (exact) mass is 320 g/mol. The summed E-state index contributed by atoms with van der Waals surface area (Å²) in [5, 5.41) is 0. The van der Waals surface area contributed by atoms with Crippen molar-refractivity contribution in [3.8, 4) is 0 Å². The Labute approximate surface area is 130 Å². The minimum Gasteiger partial charge on any atom is -0.251 e. The van der Waals surface area contributed by atoms with Gasteiger partial charge < -0.3 is 0 Å². The fraction of sp³-hybridized carbons (Fsp3) is 0.250. The van der Waals surface area contributed by atoms with Gasteiger partial charge in [-0.3, -0.25) is 4.31 Å². The number of hydrogen-bond acceptors (Lipinski definition) is 2. The molecule has 0 saturated carbocycles. The van der Waals surface area contributed by atoms with Crippen LogP contribution in [0.3, 0.4) is 0 Å². The van der Waals surface area contributed by atoms with E-state index in [1.54, 1.807) is 36.4 Å². The van der Waals surface area contributed by atoms with Crippen LogP contribution in [0, 0.1) is 5.82 Å². The maximum atomic E-state index is 14.1. The van der Waals surface area contributed by atoms with Crippen LogP contribution in [0.4, 0.5) is 21.5 Å². The van der Waals surface area contributed by atoms with E-state index in [4.69, 9.17) is 0 Å². The Morgan fingerprint density at radius 1 is 0.955 bits per heavy atom. The molecule has 2 aromatic rings. The SMILES string of the molecule is CCCCN1c2ccccc2N(c2ccccc2F)S1(=O)=O. The number of hydrogen-bond donors (Lipinski definition) is 0. The smallest absolute Gasteiger partial charge is 0.251 e. The second-order valence-electron chi connectivity index (χ2n) is 5.14. The van der Waals surface area contributed by atoms with Crippen LogP contribution in [0.25, 0.3) is 0 Å². The van der Waals surface area contributed by atoms with E-state index in [0.717, 1.165) is 17.1 Å². The topological polar surface area (TPSA) is 40.6 Å². The molecule has 0 N–H and O–H groups in total. The van der Waals surface area contributed by atoms with E-state index in [2.05, 4.69) is 0 Å². The maximum absolute atomic E-state index is 14.1. The van der Waals surface area contributed by atoms with Crippen LogP contribution in [0.15, 0.2) is 48.5 Å². The van der Waals surface area contributed by atoms with Crippen LogP contribution in [-0.4, -0.2) is 15.0 Å². The molecule has 0 aliphatic carbocycles. The van der Waals surface area contributed by atoms with Crippen molar-refractivity contribution in [2.75, 3.05) is 15.2 Å². The van der Waals surface area contributed by atoms with Gasteiger partial charge in [0.15, 0.2) is 0 Å². The third kappa shape index (κ3) is 2.23. The molecular formula is C16H17FN2O2S. The molecule has 4 nitrogen and oxygen atoms in total. The van der Waals surface area contributed by atoms with Crippen LogP contribution >= 0.6 is 0 Å². The highest BCUT2D eigenvalue weighted by Gasteiger charge is 2.41. The van der Waals surface area contributed by atoms with Gasteiger partial charge >= 0.3 is 10.2 Å². The highest BCUT2D eigenvalue weighted by atomic mass is 32.2. The lowest BCUT2D eigenvalue weighted by Gasteiger charge is -2.21. The highest BCUT2D eigenvalue weighted by molar-refractivity contribution is 7.95. The molecular weight excluding hydrogens is 303 g/mol. The lowest BCUT2D eigenvalue weighted by atomic mass is 10.2. The number of nitrogens with zero attached hydrogens (tertiary/aromatic N) is 2. The summed E-state index contributed by atoms with van der Waals surface area (Å²) in [5.41, 5.74) is 1.14. The number of halogens is 1. The number of fused-ring (bicyclic) bond motifs is 1. The Morgan fingerprint density at radius 3 is 2.18 bits per heavy atom. The van der Waals surface area contributed by atoms with E-state index >= 15 is 0 Å². The molecule has 0 amide bonds. The van der Waals surface area contributed by atoms with Crippen LogP contribution in [0.2, 0.25) is 0 Å². The lowest BCUT2D eigenvalue weighted by molar-refractivity contribution is 0.588. The average Bonchev–Trinajstić information content (AvgIpc) is 2.72. The summed E-state index contributed by atoms with van der Waals surface area (Å²) < 4.78 is 42.4. The lowest BCUT2D eigenvalue weighted by Crippen LogP contribution is -2.36. The van der Waals surface area contributed by atoms with E-state index < -0.39 is 16.0 Å². The van der Waals surface area contributed by atoms with E-state index in [0.29, 0.717) is 17.9 Å². The van der Waals surface area contributed by atoms with E-state index in [1.165, 1.54) is 16.4 Å². The summed E-state index contributed by atoms with van der Waals surface area (Å²) in [5.74, 6) is -0.557. The Hall–Kier alpha value is -2.08. The van der Waals surface area contributed by atoms with Gasteiger partial charge in [-0.1, -0.05) is 37.6 Å². The molecule has 1 aliphatic heterocycles. The Balaban J connectivity index is 2.17. The first-order valence-electron chi connectivity index (χ1n) is 7.24. The fourth-order valence-corrected chi connectivity index (χ4v) is 4.36. The van der Waals surface area contributed by atoms with Crippen LogP contribution in [0.1, 0.15) is 19.8 Å². The zero-order valence-corrected chi connectivity index (χ0v) is 13.1. The molecule has 0 radical (unpaired) electrons. The van der Waals surface area contributed by atoms with Crippen LogP contribution in [-0.2, 0) is 10.2 Å². The summed E-state index contributed by atoms with van der Waals surface area (Å²) in [7, 11) is -3.81. The van der Waals surface area contributed by atoms with Crippen molar-refractivity contribution < 1.29 is 12.8 Å². The number of unbranched alkanes of at least 4 members (excludes halogenated alkanes) is 1. The second-order valence-corrected chi connectivity index (χ2v) is 6.84. The third-order valence-electron chi connectivity index (χ3n) is 3.66. The van der Waals surface area contributed by atoms with Gasteiger partial charge in [0.05, 0.1) is 17.1 Å². The molecule has 0 saturated heterocycles. The normalized spacial score (nSPS) is 15.9. The Kier molecular flexibility index (Phi) is 3.78. The standard InChI is InChI=1S/C16H17FN2O2S/c1-2-3-12-18-15-10-6-7-11-16(15)19(22(18,20)21)14-9-5-4-8-13(14)17/h4-11H,2-3,12H2,1H3. The number of anilines is 3.